The van der Waals surface area contributed by atoms with Gasteiger partial charge < -0.3 is 18.9 Å². The van der Waals surface area contributed by atoms with E-state index in [-0.39, 0.29) is 19.0 Å². The molecule has 0 saturated carbocycles. The molecular formula is C22H18O6. The summed E-state index contributed by atoms with van der Waals surface area (Å²) in [7, 11) is 0. The number of hydrogen-bond donors (Lipinski definition) is 0. The molecule has 0 amide bonds. The van der Waals surface area contributed by atoms with Crippen molar-refractivity contribution in [3.63, 3.8) is 0 Å². The van der Waals surface area contributed by atoms with E-state index in [1.807, 2.05) is 36.4 Å². The maximum Gasteiger partial charge on any atom is 0.344 e. The van der Waals surface area contributed by atoms with Gasteiger partial charge in [0.15, 0.2) is 30.5 Å². The molecule has 0 radical (unpaired) electrons. The quantitative estimate of drug-likeness (QED) is 0.484. The second-order valence-corrected chi connectivity index (χ2v) is 6.21. The van der Waals surface area contributed by atoms with Crippen molar-refractivity contribution in [2.24, 2.45) is 0 Å². The summed E-state index contributed by atoms with van der Waals surface area (Å²) in [6.07, 6.45) is 0. The van der Waals surface area contributed by atoms with Gasteiger partial charge in [-0.25, -0.2) is 4.79 Å². The van der Waals surface area contributed by atoms with Crippen LogP contribution in [0, 0.1) is 0 Å². The summed E-state index contributed by atoms with van der Waals surface area (Å²) >= 11 is 0. The Morgan fingerprint density at radius 3 is 2.54 bits per heavy atom. The number of esters is 1. The Balaban J connectivity index is 1.32. The topological polar surface area (TPSA) is 71.1 Å². The van der Waals surface area contributed by atoms with Gasteiger partial charge in [-0.05, 0) is 29.7 Å². The van der Waals surface area contributed by atoms with Gasteiger partial charge >= 0.3 is 5.97 Å². The molecule has 1 heterocycles. The van der Waals surface area contributed by atoms with Gasteiger partial charge in [0.05, 0.1) is 0 Å². The molecule has 28 heavy (non-hydrogen) atoms. The molecule has 1 aliphatic rings. The Hall–Kier alpha value is -3.54. The van der Waals surface area contributed by atoms with Crippen LogP contribution in [0.15, 0.2) is 60.7 Å². The minimum atomic E-state index is -0.612. The van der Waals surface area contributed by atoms with E-state index in [1.165, 1.54) is 0 Å². The van der Waals surface area contributed by atoms with Gasteiger partial charge in [0.25, 0.3) is 0 Å². The summed E-state index contributed by atoms with van der Waals surface area (Å²) in [6, 6.07) is 18.2. The van der Waals surface area contributed by atoms with Gasteiger partial charge in [-0.3, -0.25) is 4.79 Å². The van der Waals surface area contributed by atoms with Gasteiger partial charge in [0.1, 0.15) is 19.0 Å². The van der Waals surface area contributed by atoms with E-state index in [9.17, 15) is 9.59 Å². The van der Waals surface area contributed by atoms with Crippen LogP contribution in [-0.4, -0.2) is 38.2 Å². The number of ether oxygens (including phenoxy) is 4. The minimum absolute atomic E-state index is 0.275. The lowest BCUT2D eigenvalue weighted by Gasteiger charge is -2.18. The molecule has 4 rings (SSSR count). The van der Waals surface area contributed by atoms with Gasteiger partial charge in [0.2, 0.25) is 0 Å². The molecule has 0 spiro atoms. The first-order valence-electron chi connectivity index (χ1n) is 8.90. The first kappa shape index (κ1) is 17.9. The van der Waals surface area contributed by atoms with Crippen LogP contribution in [0.1, 0.15) is 10.4 Å². The van der Waals surface area contributed by atoms with Crippen LogP contribution in [0.5, 0.6) is 17.2 Å². The van der Waals surface area contributed by atoms with E-state index >= 15 is 0 Å². The second kappa shape index (κ2) is 8.00. The van der Waals surface area contributed by atoms with Gasteiger partial charge in [-0.1, -0.05) is 36.4 Å². The molecule has 0 aromatic heterocycles. The molecule has 0 saturated heterocycles. The van der Waals surface area contributed by atoms with Crippen LogP contribution in [0.25, 0.3) is 10.8 Å². The molecule has 6 heteroatoms. The van der Waals surface area contributed by atoms with E-state index in [0.29, 0.717) is 36.0 Å². The van der Waals surface area contributed by atoms with Crippen molar-refractivity contribution in [2.45, 2.75) is 0 Å². The van der Waals surface area contributed by atoms with E-state index in [0.717, 1.165) is 10.8 Å². The highest BCUT2D eigenvalue weighted by atomic mass is 16.6. The zero-order valence-electron chi connectivity index (χ0n) is 15.1. The van der Waals surface area contributed by atoms with Gasteiger partial charge in [-0.15, -0.1) is 0 Å². The minimum Gasteiger partial charge on any atom is -0.486 e. The standard InChI is InChI=1S/C22H18O6/c23-18(16-8-9-20-21(12-16)26-11-10-25-20)13-28-22(24)14-27-19-7-3-5-15-4-1-2-6-17(15)19/h1-9,12H,10-11,13-14H2. The lowest BCUT2D eigenvalue weighted by Crippen LogP contribution is -2.20. The number of Topliss-reactive ketones (excluding diaryl/α,β-unsaturated/α-hetero) is 1. The third kappa shape index (κ3) is 3.91. The Labute approximate surface area is 161 Å². The molecule has 0 N–H and O–H groups in total. The fourth-order valence-electron chi connectivity index (χ4n) is 2.95. The van der Waals surface area contributed by atoms with E-state index in [4.69, 9.17) is 18.9 Å². The normalized spacial score (nSPS) is 12.4. The predicted octanol–water partition coefficient (Wildman–Crippen LogP) is 3.42. The van der Waals surface area contributed by atoms with Crippen molar-refractivity contribution < 1.29 is 28.5 Å². The van der Waals surface area contributed by atoms with Crippen LogP contribution in [0.3, 0.4) is 0 Å². The Morgan fingerprint density at radius 1 is 0.857 bits per heavy atom. The smallest absolute Gasteiger partial charge is 0.344 e. The predicted molar refractivity (Wildman–Crippen MR) is 102 cm³/mol. The molecule has 142 valence electrons. The summed E-state index contributed by atoms with van der Waals surface area (Å²) in [5.41, 5.74) is 0.395. The molecule has 3 aromatic carbocycles. The van der Waals surface area contributed by atoms with Crippen molar-refractivity contribution in [3.8, 4) is 17.2 Å². The summed E-state index contributed by atoms with van der Waals surface area (Å²) < 4.78 is 21.5. The Morgan fingerprint density at radius 2 is 1.64 bits per heavy atom. The monoisotopic (exact) mass is 378 g/mol. The molecule has 6 nitrogen and oxygen atoms in total. The number of benzene rings is 3. The highest BCUT2D eigenvalue weighted by Gasteiger charge is 2.16. The highest BCUT2D eigenvalue weighted by molar-refractivity contribution is 5.98. The molecule has 0 unspecified atom stereocenters. The lowest BCUT2D eigenvalue weighted by molar-refractivity contribution is -0.144. The number of ketones is 1. The summed E-state index contributed by atoms with van der Waals surface area (Å²) in [5, 5.41) is 1.92. The van der Waals surface area contributed by atoms with Crippen molar-refractivity contribution in [2.75, 3.05) is 26.4 Å². The van der Waals surface area contributed by atoms with Crippen LogP contribution in [-0.2, 0) is 9.53 Å². The van der Waals surface area contributed by atoms with E-state index < -0.39 is 5.97 Å². The van der Waals surface area contributed by atoms with Crippen molar-refractivity contribution in [3.05, 3.63) is 66.2 Å². The van der Waals surface area contributed by atoms with Gasteiger partial charge in [0, 0.05) is 10.9 Å². The third-order valence-corrected chi connectivity index (χ3v) is 4.32. The SMILES string of the molecule is O=C(COc1cccc2ccccc12)OCC(=O)c1ccc2c(c1)OCCO2. The largest absolute Gasteiger partial charge is 0.486 e. The average molecular weight is 378 g/mol. The van der Waals surface area contributed by atoms with Crippen LogP contribution in [0.4, 0.5) is 0 Å². The summed E-state index contributed by atoms with van der Waals surface area (Å²) in [6.45, 7) is 0.277. The lowest BCUT2D eigenvalue weighted by atomic mass is 10.1. The number of hydrogen-bond acceptors (Lipinski definition) is 6. The van der Waals surface area contributed by atoms with E-state index in [2.05, 4.69) is 0 Å². The number of rotatable bonds is 6. The summed E-state index contributed by atoms with van der Waals surface area (Å²) in [4.78, 5) is 24.2. The van der Waals surface area contributed by atoms with Crippen LogP contribution >= 0.6 is 0 Å². The van der Waals surface area contributed by atoms with Crippen molar-refractivity contribution in [1.29, 1.82) is 0 Å². The zero-order chi connectivity index (χ0) is 19.3. The van der Waals surface area contributed by atoms with Gasteiger partial charge in [-0.2, -0.15) is 0 Å². The molecule has 3 aromatic rings. The number of carbonyl (C=O) groups excluding carboxylic acids is 2. The Kier molecular flexibility index (Phi) is 5.10. The molecule has 1 aliphatic heterocycles. The number of carbonyl (C=O) groups is 2. The van der Waals surface area contributed by atoms with Crippen molar-refractivity contribution >= 4 is 22.5 Å². The fourth-order valence-corrected chi connectivity index (χ4v) is 2.95. The maximum atomic E-state index is 12.3. The average Bonchev–Trinajstić information content (AvgIpc) is 2.75. The zero-order valence-corrected chi connectivity index (χ0v) is 15.1. The first-order valence-corrected chi connectivity index (χ1v) is 8.90. The molecule has 0 aliphatic carbocycles. The summed E-state index contributed by atoms with van der Waals surface area (Å²) in [5.74, 6) is 0.772. The highest BCUT2D eigenvalue weighted by Crippen LogP contribution is 2.31. The van der Waals surface area contributed by atoms with Crippen molar-refractivity contribution in [1.82, 2.24) is 0 Å². The molecule has 0 fully saturated rings. The van der Waals surface area contributed by atoms with E-state index in [1.54, 1.807) is 24.3 Å². The molecular weight excluding hydrogens is 360 g/mol. The second-order valence-electron chi connectivity index (χ2n) is 6.21. The number of fused-ring (bicyclic) bond motifs is 2. The molecule has 0 bridgehead atoms. The fraction of sp³-hybridized carbons (Fsp3) is 0.182. The third-order valence-electron chi connectivity index (χ3n) is 4.32. The maximum absolute atomic E-state index is 12.3. The first-order chi connectivity index (χ1) is 13.7. The van der Waals surface area contributed by atoms with Crippen LogP contribution < -0.4 is 14.2 Å². The molecule has 0 atom stereocenters. The Bertz CT molecular complexity index is 1020. The van der Waals surface area contributed by atoms with Crippen LogP contribution in [0.2, 0.25) is 0 Å².